The molecule has 0 saturated heterocycles. The van der Waals surface area contributed by atoms with Gasteiger partial charge in [-0.3, -0.25) is 9.78 Å². The molecule has 0 aliphatic carbocycles. The topological polar surface area (TPSA) is 59.4 Å². The van der Waals surface area contributed by atoms with Crippen molar-refractivity contribution in [2.45, 2.75) is 12.0 Å². The van der Waals surface area contributed by atoms with Gasteiger partial charge in [-0.25, -0.2) is 0 Å². The summed E-state index contributed by atoms with van der Waals surface area (Å²) in [5.41, 5.74) is 0.517. The number of hydrogen-bond donors (Lipinski definition) is 1. The second-order valence-corrected chi connectivity index (χ2v) is 6.99. The maximum Gasteiger partial charge on any atom is 0.322 e. The van der Waals surface area contributed by atoms with Crippen molar-refractivity contribution < 1.29 is 14.6 Å². The lowest BCUT2D eigenvalue weighted by Gasteiger charge is -2.21. The number of nitrogens with zero attached hydrogens (tertiary/aromatic N) is 1. The van der Waals surface area contributed by atoms with Crippen LogP contribution in [-0.2, 0) is 4.79 Å². The van der Waals surface area contributed by atoms with E-state index in [2.05, 4.69) is 4.98 Å². The molecule has 128 valence electrons. The molecule has 2 atom stereocenters. The van der Waals surface area contributed by atoms with Crippen LogP contribution in [0.4, 0.5) is 0 Å². The number of carbonyl (C=O) groups is 1. The van der Waals surface area contributed by atoms with Gasteiger partial charge in [0.05, 0.1) is 16.1 Å². The molecule has 0 radical (unpaired) electrons. The largest absolute Gasteiger partial charge is 0.423 e. The number of halogens is 2. The number of hydrogen-bond acceptors (Lipinski definition) is 5. The van der Waals surface area contributed by atoms with Crippen LogP contribution < -0.4 is 4.74 Å². The summed E-state index contributed by atoms with van der Waals surface area (Å²) in [5.74, 6) is -1.49. The van der Waals surface area contributed by atoms with Crippen molar-refractivity contribution in [2.75, 3.05) is 0 Å². The van der Waals surface area contributed by atoms with E-state index in [1.54, 1.807) is 48.7 Å². The molecule has 2 aromatic heterocycles. The monoisotopic (exact) mass is 393 g/mol. The number of benzene rings is 1. The summed E-state index contributed by atoms with van der Waals surface area (Å²) in [4.78, 5) is 17.5. The van der Waals surface area contributed by atoms with Gasteiger partial charge in [0.25, 0.3) is 0 Å². The molecule has 0 aliphatic rings. The SMILES string of the molecule is O=C(Oc1c(Cl)cccc1Cl)C(c1cccs1)C(O)c1cccnc1. The first-order valence-corrected chi connectivity index (χ1v) is 8.98. The quantitative estimate of drug-likeness (QED) is 0.495. The zero-order chi connectivity index (χ0) is 17.8. The second kappa shape index (κ2) is 7.97. The normalized spacial score (nSPS) is 13.2. The van der Waals surface area contributed by atoms with Crippen molar-refractivity contribution in [1.82, 2.24) is 4.98 Å². The minimum absolute atomic E-state index is 0.0794. The number of rotatable bonds is 5. The first-order chi connectivity index (χ1) is 12.1. The van der Waals surface area contributed by atoms with E-state index < -0.39 is 18.0 Å². The standard InChI is InChI=1S/C18H13Cl2NO3S/c19-12-5-1-6-13(20)17(12)24-18(23)15(14-7-3-9-25-14)16(22)11-4-2-8-21-10-11/h1-10,15-16,22H. The molecule has 1 aromatic carbocycles. The molecule has 0 spiro atoms. The van der Waals surface area contributed by atoms with E-state index in [4.69, 9.17) is 27.9 Å². The number of ether oxygens (including phenoxy) is 1. The van der Waals surface area contributed by atoms with Crippen LogP contribution in [0.15, 0.2) is 60.2 Å². The molecule has 3 aromatic rings. The molecule has 3 rings (SSSR count). The Morgan fingerprint density at radius 1 is 1.12 bits per heavy atom. The van der Waals surface area contributed by atoms with Crippen molar-refractivity contribution in [3.8, 4) is 5.75 Å². The third-order valence-electron chi connectivity index (χ3n) is 3.57. The van der Waals surface area contributed by atoms with Crippen molar-refractivity contribution in [2.24, 2.45) is 0 Å². The van der Waals surface area contributed by atoms with Gasteiger partial charge >= 0.3 is 5.97 Å². The summed E-state index contributed by atoms with van der Waals surface area (Å²) in [6.45, 7) is 0. The minimum Gasteiger partial charge on any atom is -0.423 e. The van der Waals surface area contributed by atoms with Gasteiger partial charge in [0, 0.05) is 22.8 Å². The molecule has 0 saturated carbocycles. The van der Waals surface area contributed by atoms with E-state index in [1.807, 2.05) is 5.38 Å². The van der Waals surface area contributed by atoms with Gasteiger partial charge in [-0.1, -0.05) is 41.4 Å². The van der Waals surface area contributed by atoms with Crippen LogP contribution in [0.3, 0.4) is 0 Å². The summed E-state index contributed by atoms with van der Waals surface area (Å²) in [7, 11) is 0. The van der Waals surface area contributed by atoms with Gasteiger partial charge in [0.15, 0.2) is 5.75 Å². The molecule has 0 fully saturated rings. The summed E-state index contributed by atoms with van der Waals surface area (Å²) in [6, 6.07) is 11.8. The minimum atomic E-state index is -1.11. The zero-order valence-electron chi connectivity index (χ0n) is 12.8. The van der Waals surface area contributed by atoms with Gasteiger partial charge in [0.2, 0.25) is 0 Å². The van der Waals surface area contributed by atoms with Crippen LogP contribution in [0.25, 0.3) is 0 Å². The number of pyridine rings is 1. The van der Waals surface area contributed by atoms with E-state index in [9.17, 15) is 9.90 Å². The van der Waals surface area contributed by atoms with Gasteiger partial charge in [0.1, 0.15) is 5.92 Å². The lowest BCUT2D eigenvalue weighted by molar-refractivity contribution is -0.138. The molecule has 4 nitrogen and oxygen atoms in total. The predicted molar refractivity (Wildman–Crippen MR) is 98.4 cm³/mol. The molecule has 2 unspecified atom stereocenters. The van der Waals surface area contributed by atoms with Crippen LogP contribution in [-0.4, -0.2) is 16.1 Å². The number of aromatic nitrogens is 1. The van der Waals surface area contributed by atoms with Crippen LogP contribution in [0.5, 0.6) is 5.75 Å². The van der Waals surface area contributed by atoms with Crippen LogP contribution >= 0.6 is 34.5 Å². The number of esters is 1. The first-order valence-electron chi connectivity index (χ1n) is 7.35. The van der Waals surface area contributed by atoms with Crippen molar-refractivity contribution in [3.63, 3.8) is 0 Å². The maximum absolute atomic E-state index is 12.8. The van der Waals surface area contributed by atoms with E-state index in [0.717, 1.165) is 0 Å². The van der Waals surface area contributed by atoms with Crippen molar-refractivity contribution in [1.29, 1.82) is 0 Å². The Hall–Kier alpha value is -1.92. The number of thiophene rings is 1. The summed E-state index contributed by atoms with van der Waals surface area (Å²) in [5, 5.41) is 13.0. The molecule has 2 heterocycles. The van der Waals surface area contributed by atoms with Crippen molar-refractivity contribution >= 4 is 40.5 Å². The Morgan fingerprint density at radius 3 is 2.48 bits per heavy atom. The molecule has 0 bridgehead atoms. The van der Waals surface area contributed by atoms with Gasteiger partial charge < -0.3 is 9.84 Å². The third-order valence-corrected chi connectivity index (χ3v) is 5.12. The van der Waals surface area contributed by atoms with E-state index >= 15 is 0 Å². The highest BCUT2D eigenvalue weighted by molar-refractivity contribution is 7.10. The maximum atomic E-state index is 12.8. The molecule has 1 N–H and O–H groups in total. The van der Waals surface area contributed by atoms with E-state index in [-0.39, 0.29) is 15.8 Å². The highest BCUT2D eigenvalue weighted by atomic mass is 35.5. The van der Waals surface area contributed by atoms with E-state index in [1.165, 1.54) is 17.5 Å². The molecule has 25 heavy (non-hydrogen) atoms. The van der Waals surface area contributed by atoms with Gasteiger partial charge in [-0.05, 0) is 29.6 Å². The number of para-hydroxylation sites is 1. The number of carbonyl (C=O) groups excluding carboxylic acids is 1. The molecule has 7 heteroatoms. The summed E-state index contributed by atoms with van der Waals surface area (Å²) < 4.78 is 5.43. The summed E-state index contributed by atoms with van der Waals surface area (Å²) >= 11 is 13.5. The second-order valence-electron chi connectivity index (χ2n) is 5.20. The smallest absolute Gasteiger partial charge is 0.322 e. The average molecular weight is 394 g/mol. The third kappa shape index (κ3) is 4.02. The Balaban J connectivity index is 1.94. The predicted octanol–water partition coefficient (Wildman–Crippen LogP) is 4.87. The van der Waals surface area contributed by atoms with Crippen LogP contribution in [0.1, 0.15) is 22.5 Å². The molecule has 0 aliphatic heterocycles. The lowest BCUT2D eigenvalue weighted by Crippen LogP contribution is -2.24. The highest BCUT2D eigenvalue weighted by Crippen LogP contribution is 2.38. The molecular formula is C18H13Cl2NO3S. The van der Waals surface area contributed by atoms with Crippen LogP contribution in [0.2, 0.25) is 10.0 Å². The molecule has 0 amide bonds. The molecular weight excluding hydrogens is 381 g/mol. The number of aliphatic hydroxyl groups is 1. The van der Waals surface area contributed by atoms with Gasteiger partial charge in [-0.2, -0.15) is 0 Å². The fraction of sp³-hybridized carbons (Fsp3) is 0.111. The first kappa shape index (κ1) is 17.9. The van der Waals surface area contributed by atoms with Gasteiger partial charge in [-0.15, -0.1) is 11.3 Å². The Morgan fingerprint density at radius 2 is 1.88 bits per heavy atom. The van der Waals surface area contributed by atoms with Crippen LogP contribution in [0, 0.1) is 0 Å². The average Bonchev–Trinajstić information content (AvgIpc) is 3.13. The zero-order valence-corrected chi connectivity index (χ0v) is 15.1. The Labute approximate surface area is 158 Å². The highest BCUT2D eigenvalue weighted by Gasteiger charge is 2.33. The number of aliphatic hydroxyl groups excluding tert-OH is 1. The summed E-state index contributed by atoms with van der Waals surface area (Å²) in [6.07, 6.45) is 2.00. The fourth-order valence-corrected chi connectivity index (χ4v) is 3.67. The Kier molecular flexibility index (Phi) is 5.71. The van der Waals surface area contributed by atoms with Crippen molar-refractivity contribution in [3.05, 3.63) is 80.7 Å². The lowest BCUT2D eigenvalue weighted by atomic mass is 9.95. The Bertz CT molecular complexity index is 836. The van der Waals surface area contributed by atoms with E-state index in [0.29, 0.717) is 10.4 Å². The fourth-order valence-electron chi connectivity index (χ4n) is 2.36.